The van der Waals surface area contributed by atoms with Crippen molar-refractivity contribution in [2.75, 3.05) is 5.32 Å². The predicted octanol–water partition coefficient (Wildman–Crippen LogP) is 5.76. The lowest BCUT2D eigenvalue weighted by molar-refractivity contribution is -0.242. The Morgan fingerprint density at radius 1 is 1.00 bits per heavy atom. The largest absolute Gasteiger partial charge is 0.426 e. The first-order valence-corrected chi connectivity index (χ1v) is 8.66. The molecule has 0 aliphatic carbocycles. The van der Waals surface area contributed by atoms with Gasteiger partial charge in [0.25, 0.3) is 5.91 Å². The second-order valence-corrected chi connectivity index (χ2v) is 7.34. The first kappa shape index (κ1) is 22.4. The van der Waals surface area contributed by atoms with E-state index in [1.807, 2.05) is 5.32 Å². The van der Waals surface area contributed by atoms with E-state index in [1.165, 1.54) is 30.3 Å². The van der Waals surface area contributed by atoms with Gasteiger partial charge in [0.2, 0.25) is 5.60 Å². The van der Waals surface area contributed by atoms with Crippen molar-refractivity contribution in [3.63, 3.8) is 0 Å². The topological polar surface area (TPSA) is 49.3 Å². The van der Waals surface area contributed by atoms with Gasteiger partial charge in [-0.25, -0.2) is 0 Å². The zero-order valence-electron chi connectivity index (χ0n) is 14.0. The number of alkyl halides is 6. The SMILES string of the molecule is C[C@@](O)(C(=O)Nc1ccc(Sc2ccc(C(F)(F)F)cc2)cc1Cl)C(F)(F)F. The number of nitrogens with one attached hydrogen (secondary N) is 1. The molecule has 0 saturated heterocycles. The van der Waals surface area contributed by atoms with E-state index in [-0.39, 0.29) is 10.7 Å². The highest BCUT2D eigenvalue weighted by molar-refractivity contribution is 7.99. The van der Waals surface area contributed by atoms with Crippen molar-refractivity contribution in [2.24, 2.45) is 0 Å². The van der Waals surface area contributed by atoms with Crippen LogP contribution in [0.15, 0.2) is 52.3 Å². The average molecular weight is 444 g/mol. The zero-order chi connectivity index (χ0) is 21.3. The molecule has 0 radical (unpaired) electrons. The Hall–Kier alpha value is -1.91. The molecule has 2 N–H and O–H groups in total. The highest BCUT2D eigenvalue weighted by Gasteiger charge is 2.55. The fourth-order valence-electron chi connectivity index (χ4n) is 1.88. The van der Waals surface area contributed by atoms with Gasteiger partial charge < -0.3 is 10.4 Å². The summed E-state index contributed by atoms with van der Waals surface area (Å²) in [6.07, 6.45) is -9.63. The van der Waals surface area contributed by atoms with E-state index in [1.54, 1.807) is 0 Å². The van der Waals surface area contributed by atoms with Gasteiger partial charge in [-0.2, -0.15) is 26.3 Å². The summed E-state index contributed by atoms with van der Waals surface area (Å²) in [5.74, 6) is -1.70. The molecule has 11 heteroatoms. The van der Waals surface area contributed by atoms with Gasteiger partial charge >= 0.3 is 12.4 Å². The molecule has 0 saturated carbocycles. The molecule has 2 aromatic rings. The maximum atomic E-state index is 12.7. The van der Waals surface area contributed by atoms with Crippen molar-refractivity contribution in [3.05, 3.63) is 53.1 Å². The summed E-state index contributed by atoms with van der Waals surface area (Å²) in [4.78, 5) is 12.6. The number of hydrogen-bond donors (Lipinski definition) is 2. The molecule has 1 amide bonds. The smallest absolute Gasteiger partial charge is 0.373 e. The number of amides is 1. The quantitative estimate of drug-likeness (QED) is 0.590. The average Bonchev–Trinajstić information content (AvgIpc) is 2.56. The highest BCUT2D eigenvalue weighted by atomic mass is 35.5. The number of aliphatic hydroxyl groups is 1. The van der Waals surface area contributed by atoms with Gasteiger partial charge in [-0.3, -0.25) is 4.79 Å². The van der Waals surface area contributed by atoms with Gasteiger partial charge in [0.1, 0.15) is 0 Å². The van der Waals surface area contributed by atoms with Crippen LogP contribution in [-0.2, 0) is 11.0 Å². The number of hydrogen-bond acceptors (Lipinski definition) is 3. The highest BCUT2D eigenvalue weighted by Crippen LogP contribution is 2.36. The van der Waals surface area contributed by atoms with Crippen LogP contribution >= 0.6 is 23.4 Å². The number of halogens is 7. The Morgan fingerprint density at radius 2 is 1.54 bits per heavy atom. The van der Waals surface area contributed by atoms with Crippen molar-refractivity contribution < 1.29 is 36.2 Å². The molecule has 0 heterocycles. The first-order chi connectivity index (χ1) is 12.7. The minimum atomic E-state index is -5.18. The van der Waals surface area contributed by atoms with E-state index in [9.17, 15) is 36.2 Å². The third kappa shape index (κ3) is 5.12. The molecule has 1 atom stereocenters. The summed E-state index contributed by atoms with van der Waals surface area (Å²) < 4.78 is 75.7. The number of carbonyl (C=O) groups is 1. The van der Waals surface area contributed by atoms with Gasteiger partial charge in [0, 0.05) is 9.79 Å². The minimum Gasteiger partial charge on any atom is -0.373 e. The summed E-state index contributed by atoms with van der Waals surface area (Å²) in [5, 5.41) is 11.1. The van der Waals surface area contributed by atoms with E-state index < -0.39 is 29.4 Å². The van der Waals surface area contributed by atoms with E-state index in [2.05, 4.69) is 0 Å². The van der Waals surface area contributed by atoms with Crippen molar-refractivity contribution in [2.45, 2.75) is 34.7 Å². The Morgan fingerprint density at radius 3 is 2.00 bits per heavy atom. The van der Waals surface area contributed by atoms with Crippen molar-refractivity contribution in [1.82, 2.24) is 0 Å². The molecule has 0 unspecified atom stereocenters. The van der Waals surface area contributed by atoms with E-state index in [0.717, 1.165) is 23.9 Å². The number of rotatable bonds is 4. The Balaban J connectivity index is 2.13. The van der Waals surface area contributed by atoms with Crippen molar-refractivity contribution in [3.8, 4) is 0 Å². The second kappa shape index (κ2) is 7.84. The number of carbonyl (C=O) groups excluding carboxylic acids is 1. The Bertz CT molecular complexity index is 865. The maximum Gasteiger partial charge on any atom is 0.426 e. The van der Waals surface area contributed by atoms with Gasteiger partial charge in [0.15, 0.2) is 0 Å². The van der Waals surface area contributed by atoms with Crippen LogP contribution in [0.2, 0.25) is 5.02 Å². The summed E-state index contributed by atoms with van der Waals surface area (Å²) in [6.45, 7) is 0.311. The third-order valence-corrected chi connectivity index (χ3v) is 4.91. The molecule has 2 rings (SSSR count). The van der Waals surface area contributed by atoms with Crippen molar-refractivity contribution in [1.29, 1.82) is 0 Å². The van der Waals surface area contributed by atoms with Gasteiger partial charge in [-0.15, -0.1) is 0 Å². The first-order valence-electron chi connectivity index (χ1n) is 7.47. The summed E-state index contributed by atoms with van der Waals surface area (Å²) in [6, 6.07) is 8.30. The lowest BCUT2D eigenvalue weighted by Crippen LogP contribution is -2.52. The predicted molar refractivity (Wildman–Crippen MR) is 92.3 cm³/mol. The molecular formula is C17H12ClF6NO2S. The van der Waals surface area contributed by atoms with Gasteiger partial charge in [-0.1, -0.05) is 23.4 Å². The van der Waals surface area contributed by atoms with Crippen LogP contribution in [0.1, 0.15) is 12.5 Å². The lowest BCUT2D eigenvalue weighted by atomic mass is 10.1. The molecule has 0 aromatic heterocycles. The van der Waals surface area contributed by atoms with E-state index in [4.69, 9.17) is 11.6 Å². The van der Waals surface area contributed by atoms with Crippen LogP contribution in [0, 0.1) is 0 Å². The molecule has 28 heavy (non-hydrogen) atoms. The molecule has 0 aliphatic heterocycles. The number of anilines is 1. The molecular weight excluding hydrogens is 432 g/mol. The van der Waals surface area contributed by atoms with Crippen LogP contribution in [0.4, 0.5) is 32.0 Å². The molecule has 3 nitrogen and oxygen atoms in total. The molecule has 0 bridgehead atoms. The minimum absolute atomic E-state index is 0.108. The van der Waals surface area contributed by atoms with Crippen LogP contribution in [-0.4, -0.2) is 22.8 Å². The molecule has 0 spiro atoms. The molecule has 0 fully saturated rings. The summed E-state index contributed by atoms with van der Waals surface area (Å²) in [7, 11) is 0. The van der Waals surface area contributed by atoms with Crippen LogP contribution in [0.3, 0.4) is 0 Å². The maximum absolute atomic E-state index is 12.7. The molecule has 0 aliphatic rings. The normalized spacial score (nSPS) is 14.5. The number of benzene rings is 2. The van der Waals surface area contributed by atoms with Crippen molar-refractivity contribution >= 4 is 35.0 Å². The standard InChI is InChI=1S/C17H12ClF6NO2S/c1-15(27,17(22,23)24)14(26)25-13-7-6-11(8-12(13)18)28-10-4-2-9(3-5-10)16(19,20)21/h2-8,27H,1H3,(H,25,26)/t15-/m1/s1. The summed E-state index contributed by atoms with van der Waals surface area (Å²) in [5.41, 5.74) is -4.57. The van der Waals surface area contributed by atoms with Crippen LogP contribution < -0.4 is 5.32 Å². The lowest BCUT2D eigenvalue weighted by Gasteiger charge is -2.25. The fourth-order valence-corrected chi connectivity index (χ4v) is 3.03. The molecule has 152 valence electrons. The Labute approximate surface area is 164 Å². The Kier molecular flexibility index (Phi) is 6.27. The van der Waals surface area contributed by atoms with Gasteiger partial charge in [0.05, 0.1) is 16.3 Å². The van der Waals surface area contributed by atoms with E-state index in [0.29, 0.717) is 16.7 Å². The third-order valence-electron chi connectivity index (χ3n) is 3.60. The van der Waals surface area contributed by atoms with Crippen LogP contribution in [0.25, 0.3) is 0 Å². The summed E-state index contributed by atoms with van der Waals surface area (Å²) >= 11 is 7.01. The van der Waals surface area contributed by atoms with Crippen LogP contribution in [0.5, 0.6) is 0 Å². The second-order valence-electron chi connectivity index (χ2n) is 5.79. The van der Waals surface area contributed by atoms with E-state index >= 15 is 0 Å². The molecule has 2 aromatic carbocycles. The fraction of sp³-hybridized carbons (Fsp3) is 0.235. The monoisotopic (exact) mass is 443 g/mol. The zero-order valence-corrected chi connectivity index (χ0v) is 15.5. The van der Waals surface area contributed by atoms with Gasteiger partial charge in [-0.05, 0) is 49.4 Å².